The average molecular weight is 444 g/mol. The van der Waals surface area contributed by atoms with Crippen LogP contribution in [0.2, 0.25) is 0 Å². The number of rotatable bonds is 6. The first-order chi connectivity index (χ1) is 14.7. The lowest BCUT2D eigenvalue weighted by Crippen LogP contribution is -2.32. The van der Waals surface area contributed by atoms with Crippen molar-refractivity contribution in [1.29, 1.82) is 0 Å². The molecule has 1 fully saturated rings. The van der Waals surface area contributed by atoms with Crippen LogP contribution in [0.25, 0.3) is 10.9 Å². The van der Waals surface area contributed by atoms with Gasteiger partial charge in [-0.1, -0.05) is 18.2 Å². The summed E-state index contributed by atoms with van der Waals surface area (Å²) in [5.74, 6) is -1.93. The smallest absolute Gasteiger partial charge is 0.323 e. The number of carbonyl (C=O) groups excluding carboxylic acids is 1. The molecule has 31 heavy (non-hydrogen) atoms. The Morgan fingerprint density at radius 1 is 1.19 bits per heavy atom. The Hall–Kier alpha value is -3.20. The Bertz CT molecular complexity index is 1310. The van der Waals surface area contributed by atoms with Crippen LogP contribution in [0, 0.1) is 12.7 Å². The molecule has 7 nitrogen and oxygen atoms in total. The van der Waals surface area contributed by atoms with E-state index in [0.717, 1.165) is 4.31 Å². The second kappa shape index (κ2) is 7.81. The maximum Gasteiger partial charge on any atom is 0.323 e. The van der Waals surface area contributed by atoms with E-state index in [1.54, 1.807) is 29.7 Å². The van der Waals surface area contributed by atoms with Gasteiger partial charge in [-0.2, -0.15) is 0 Å². The summed E-state index contributed by atoms with van der Waals surface area (Å²) in [6.45, 7) is 1.59. The van der Waals surface area contributed by atoms with Crippen molar-refractivity contribution in [2.75, 3.05) is 6.54 Å². The first-order valence-corrected chi connectivity index (χ1v) is 11.3. The zero-order valence-electron chi connectivity index (χ0n) is 16.8. The van der Waals surface area contributed by atoms with Crippen molar-refractivity contribution in [3.05, 3.63) is 65.1 Å². The van der Waals surface area contributed by atoms with Crippen LogP contribution in [0.5, 0.6) is 0 Å². The molecule has 0 aliphatic carbocycles. The van der Waals surface area contributed by atoms with Gasteiger partial charge in [0.25, 0.3) is 10.0 Å². The predicted molar refractivity (Wildman–Crippen MR) is 112 cm³/mol. The predicted octanol–water partition coefficient (Wildman–Crippen LogP) is 3.08. The summed E-state index contributed by atoms with van der Waals surface area (Å²) >= 11 is 0. The number of hydrogen-bond donors (Lipinski definition) is 1. The average Bonchev–Trinajstić information content (AvgIpc) is 3.25. The molecule has 1 aliphatic rings. The monoisotopic (exact) mass is 444 g/mol. The van der Waals surface area contributed by atoms with E-state index in [9.17, 15) is 27.5 Å². The van der Waals surface area contributed by atoms with E-state index in [-0.39, 0.29) is 30.8 Å². The van der Waals surface area contributed by atoms with Crippen LogP contribution in [-0.2, 0) is 32.6 Å². The molecule has 1 saturated heterocycles. The van der Waals surface area contributed by atoms with Crippen LogP contribution in [-0.4, -0.2) is 40.8 Å². The molecule has 9 heteroatoms. The van der Waals surface area contributed by atoms with E-state index in [1.165, 1.54) is 24.3 Å². The molecule has 0 bridgehead atoms. The number of nitrogens with zero attached hydrogens (tertiary/aromatic N) is 2. The molecule has 4 rings (SSSR count). The summed E-state index contributed by atoms with van der Waals surface area (Å²) in [5, 5.41) is 9.82. The third-order valence-electron chi connectivity index (χ3n) is 5.65. The quantitative estimate of drug-likeness (QED) is 0.630. The highest BCUT2D eigenvalue weighted by molar-refractivity contribution is 7.89. The second-order valence-corrected chi connectivity index (χ2v) is 9.40. The molecule has 2 aromatic carbocycles. The zero-order chi connectivity index (χ0) is 22.3. The normalized spacial score (nSPS) is 14.5. The first-order valence-electron chi connectivity index (χ1n) is 9.82. The van der Waals surface area contributed by atoms with Crippen LogP contribution >= 0.6 is 0 Å². The molecule has 3 aromatic rings. The number of carboxylic acid groups (broad SMARTS) is 1. The van der Waals surface area contributed by atoms with Crippen LogP contribution in [0.1, 0.15) is 29.7 Å². The molecule has 1 N–H and O–H groups in total. The molecule has 0 radical (unpaired) electrons. The SMILES string of the molecule is Cc1c(Cc2ccccc2S(=O)(=O)N2CCCC2=O)c2cc(F)ccc2n1CC(=O)O. The van der Waals surface area contributed by atoms with Gasteiger partial charge >= 0.3 is 5.97 Å². The van der Waals surface area contributed by atoms with E-state index in [0.29, 0.717) is 34.1 Å². The number of hydrogen-bond acceptors (Lipinski definition) is 4. The van der Waals surface area contributed by atoms with Gasteiger partial charge in [0.2, 0.25) is 5.91 Å². The van der Waals surface area contributed by atoms with Crippen molar-refractivity contribution in [3.8, 4) is 0 Å². The van der Waals surface area contributed by atoms with Crippen LogP contribution < -0.4 is 0 Å². The van der Waals surface area contributed by atoms with Gasteiger partial charge in [-0.05, 0) is 48.7 Å². The highest BCUT2D eigenvalue weighted by Gasteiger charge is 2.34. The molecular formula is C22H21FN2O5S. The lowest BCUT2D eigenvalue weighted by molar-refractivity contribution is -0.137. The van der Waals surface area contributed by atoms with Crippen LogP contribution in [0.3, 0.4) is 0 Å². The minimum absolute atomic E-state index is 0.0280. The Kier molecular flexibility index (Phi) is 5.30. The third-order valence-corrected chi connectivity index (χ3v) is 7.57. The lowest BCUT2D eigenvalue weighted by atomic mass is 10.0. The highest BCUT2D eigenvalue weighted by atomic mass is 32.2. The fourth-order valence-electron chi connectivity index (χ4n) is 4.17. The van der Waals surface area contributed by atoms with Gasteiger partial charge in [-0.15, -0.1) is 0 Å². The van der Waals surface area contributed by atoms with E-state index in [1.807, 2.05) is 0 Å². The molecule has 1 aliphatic heterocycles. The molecule has 162 valence electrons. The topological polar surface area (TPSA) is 96.7 Å². The Morgan fingerprint density at radius 2 is 1.94 bits per heavy atom. The second-order valence-electron chi connectivity index (χ2n) is 7.56. The molecule has 0 saturated carbocycles. The van der Waals surface area contributed by atoms with Crippen molar-refractivity contribution in [2.45, 2.75) is 37.6 Å². The van der Waals surface area contributed by atoms with Crippen LogP contribution in [0.4, 0.5) is 4.39 Å². The molecular weight excluding hydrogens is 423 g/mol. The molecule has 2 heterocycles. The largest absolute Gasteiger partial charge is 0.480 e. The lowest BCUT2D eigenvalue weighted by Gasteiger charge is -2.18. The Morgan fingerprint density at radius 3 is 2.61 bits per heavy atom. The van der Waals surface area contributed by atoms with Gasteiger partial charge < -0.3 is 9.67 Å². The maximum absolute atomic E-state index is 14.0. The molecule has 0 unspecified atom stereocenters. The van der Waals surface area contributed by atoms with Crippen molar-refractivity contribution in [3.63, 3.8) is 0 Å². The van der Waals surface area contributed by atoms with E-state index in [2.05, 4.69) is 0 Å². The zero-order valence-corrected chi connectivity index (χ0v) is 17.7. The molecule has 1 aromatic heterocycles. The fraction of sp³-hybridized carbons (Fsp3) is 0.273. The minimum atomic E-state index is -4.02. The number of carbonyl (C=O) groups is 2. The minimum Gasteiger partial charge on any atom is -0.480 e. The van der Waals surface area contributed by atoms with Gasteiger partial charge in [0.05, 0.1) is 4.90 Å². The Balaban J connectivity index is 1.85. The number of benzene rings is 2. The maximum atomic E-state index is 14.0. The van der Waals surface area contributed by atoms with Gasteiger partial charge in [0, 0.05) is 36.0 Å². The number of carboxylic acids is 1. The number of aromatic nitrogens is 1. The third kappa shape index (κ3) is 3.69. The highest BCUT2D eigenvalue weighted by Crippen LogP contribution is 2.32. The molecule has 0 atom stereocenters. The van der Waals surface area contributed by atoms with Gasteiger partial charge in [-0.25, -0.2) is 17.1 Å². The number of amides is 1. The number of aliphatic carboxylic acids is 1. The summed E-state index contributed by atoms with van der Waals surface area (Å²) in [7, 11) is -4.02. The van der Waals surface area contributed by atoms with Gasteiger partial charge in [0.1, 0.15) is 12.4 Å². The Labute approximate surface area is 178 Å². The summed E-state index contributed by atoms with van der Waals surface area (Å²) in [4.78, 5) is 23.5. The van der Waals surface area contributed by atoms with Gasteiger partial charge in [0.15, 0.2) is 0 Å². The van der Waals surface area contributed by atoms with Crippen molar-refractivity contribution < 1.29 is 27.5 Å². The van der Waals surface area contributed by atoms with Crippen LogP contribution in [0.15, 0.2) is 47.4 Å². The standard InChI is InChI=1S/C22H21FN2O5S/c1-14-17(18-12-16(23)8-9-19(18)24(14)13-22(27)28)11-15-5-2-3-6-20(15)31(29,30)25-10-4-7-21(25)26/h2-3,5-6,8-9,12H,4,7,10-11,13H2,1H3,(H,27,28). The van der Waals surface area contributed by atoms with Gasteiger partial charge in [-0.3, -0.25) is 9.59 Å². The van der Waals surface area contributed by atoms with E-state index < -0.39 is 27.7 Å². The number of sulfonamides is 1. The van der Waals surface area contributed by atoms with Crippen molar-refractivity contribution in [1.82, 2.24) is 8.87 Å². The number of fused-ring (bicyclic) bond motifs is 1. The van der Waals surface area contributed by atoms with Crippen molar-refractivity contribution in [2.24, 2.45) is 0 Å². The van der Waals surface area contributed by atoms with Crippen molar-refractivity contribution >= 4 is 32.8 Å². The van der Waals surface area contributed by atoms with E-state index >= 15 is 0 Å². The molecule has 0 spiro atoms. The summed E-state index contributed by atoms with van der Waals surface area (Å²) in [6, 6.07) is 10.5. The summed E-state index contributed by atoms with van der Waals surface area (Å²) < 4.78 is 42.8. The molecule has 1 amide bonds. The summed E-state index contributed by atoms with van der Waals surface area (Å²) in [6.07, 6.45) is 0.833. The van der Waals surface area contributed by atoms with E-state index in [4.69, 9.17) is 0 Å². The first kappa shape index (κ1) is 21.0. The summed E-state index contributed by atoms with van der Waals surface area (Å²) in [5.41, 5.74) is 2.29. The fourth-order valence-corrected chi connectivity index (χ4v) is 5.86. The number of halogens is 1.